The Morgan fingerprint density at radius 1 is 1.32 bits per heavy atom. The number of carbonyl (C=O) groups is 1. The lowest BCUT2D eigenvalue weighted by molar-refractivity contribution is -0.120. The topological polar surface area (TPSA) is 38.3 Å². The van der Waals surface area contributed by atoms with Crippen LogP contribution in [-0.4, -0.2) is 24.3 Å². The largest absolute Gasteiger partial charge is 0.497 e. The molecular formula is C15H23NO2S. The first kappa shape index (κ1) is 15.9. The Morgan fingerprint density at radius 3 is 2.47 bits per heavy atom. The molecule has 0 radical (unpaired) electrons. The van der Waals surface area contributed by atoms with Crippen molar-refractivity contribution >= 4 is 17.7 Å². The lowest BCUT2D eigenvalue weighted by Crippen LogP contribution is -2.37. The number of rotatable bonds is 7. The smallest absolute Gasteiger partial charge is 0.233 e. The number of nitrogens with one attached hydrogen (secondary N) is 1. The second-order valence-electron chi connectivity index (χ2n) is 4.63. The lowest BCUT2D eigenvalue weighted by Gasteiger charge is -2.16. The van der Waals surface area contributed by atoms with Gasteiger partial charge >= 0.3 is 0 Å². The normalized spacial score (nSPS) is 13.7. The van der Waals surface area contributed by atoms with Gasteiger partial charge in [-0.3, -0.25) is 4.79 Å². The second kappa shape index (κ2) is 8.10. The van der Waals surface area contributed by atoms with Gasteiger partial charge < -0.3 is 10.1 Å². The van der Waals surface area contributed by atoms with Crippen molar-refractivity contribution in [1.82, 2.24) is 5.32 Å². The number of hydrogen-bond acceptors (Lipinski definition) is 3. The molecule has 2 atom stereocenters. The van der Waals surface area contributed by atoms with Gasteiger partial charge in [0, 0.05) is 10.9 Å². The third-order valence-electron chi connectivity index (χ3n) is 2.85. The standard InChI is InChI=1S/C15H23NO2S/c1-5-6-11(2)16-15(17)12(3)19-14-9-7-13(18-4)8-10-14/h7-12H,5-6H2,1-4H3,(H,16,17)/t11-,12+/m1/s1. The number of hydrogen-bond donors (Lipinski definition) is 1. The maximum absolute atomic E-state index is 12.0. The van der Waals surface area contributed by atoms with Crippen molar-refractivity contribution in [2.75, 3.05) is 7.11 Å². The summed E-state index contributed by atoms with van der Waals surface area (Å²) in [6, 6.07) is 8.02. The lowest BCUT2D eigenvalue weighted by atomic mass is 10.2. The maximum atomic E-state index is 12.0. The van der Waals surface area contributed by atoms with Crippen LogP contribution in [0.15, 0.2) is 29.2 Å². The third-order valence-corrected chi connectivity index (χ3v) is 3.96. The molecule has 19 heavy (non-hydrogen) atoms. The Hall–Kier alpha value is -1.16. The van der Waals surface area contributed by atoms with Crippen LogP contribution in [0.5, 0.6) is 5.75 Å². The van der Waals surface area contributed by atoms with Crippen molar-refractivity contribution in [2.24, 2.45) is 0 Å². The molecule has 1 rings (SSSR count). The molecule has 0 unspecified atom stereocenters. The predicted molar refractivity (Wildman–Crippen MR) is 80.8 cm³/mol. The molecule has 0 bridgehead atoms. The van der Waals surface area contributed by atoms with Crippen LogP contribution in [0.25, 0.3) is 0 Å². The van der Waals surface area contributed by atoms with Gasteiger partial charge in [0.25, 0.3) is 0 Å². The molecule has 1 aromatic carbocycles. The van der Waals surface area contributed by atoms with Gasteiger partial charge in [0.15, 0.2) is 0 Å². The summed E-state index contributed by atoms with van der Waals surface area (Å²) in [5.74, 6) is 0.930. The van der Waals surface area contributed by atoms with Crippen molar-refractivity contribution in [2.45, 2.75) is 49.8 Å². The van der Waals surface area contributed by atoms with Crippen molar-refractivity contribution < 1.29 is 9.53 Å². The summed E-state index contributed by atoms with van der Waals surface area (Å²) in [6.07, 6.45) is 2.10. The maximum Gasteiger partial charge on any atom is 0.233 e. The fraction of sp³-hybridized carbons (Fsp3) is 0.533. The molecule has 0 aromatic heterocycles. The highest BCUT2D eigenvalue weighted by atomic mass is 32.2. The zero-order valence-corrected chi connectivity index (χ0v) is 12.9. The molecule has 1 aromatic rings. The minimum Gasteiger partial charge on any atom is -0.497 e. The predicted octanol–water partition coefficient (Wildman–Crippen LogP) is 3.48. The van der Waals surface area contributed by atoms with Crippen LogP contribution < -0.4 is 10.1 Å². The van der Waals surface area contributed by atoms with E-state index in [0.29, 0.717) is 0 Å². The van der Waals surface area contributed by atoms with Gasteiger partial charge in [0.1, 0.15) is 5.75 Å². The van der Waals surface area contributed by atoms with Crippen molar-refractivity contribution in [3.05, 3.63) is 24.3 Å². The Balaban J connectivity index is 2.48. The quantitative estimate of drug-likeness (QED) is 0.778. The fourth-order valence-corrected chi connectivity index (χ4v) is 2.65. The molecule has 0 aliphatic carbocycles. The summed E-state index contributed by atoms with van der Waals surface area (Å²) >= 11 is 1.56. The molecule has 1 amide bonds. The molecule has 0 aliphatic rings. The average Bonchev–Trinajstić information content (AvgIpc) is 2.39. The van der Waals surface area contributed by atoms with E-state index in [-0.39, 0.29) is 17.2 Å². The Labute approximate surface area is 120 Å². The van der Waals surface area contributed by atoms with E-state index < -0.39 is 0 Å². The van der Waals surface area contributed by atoms with Gasteiger partial charge in [0.05, 0.1) is 12.4 Å². The summed E-state index contributed by atoms with van der Waals surface area (Å²) in [5.41, 5.74) is 0. The molecule has 0 spiro atoms. The summed E-state index contributed by atoms with van der Waals surface area (Å²) < 4.78 is 5.11. The van der Waals surface area contributed by atoms with E-state index in [1.807, 2.05) is 38.1 Å². The van der Waals surface area contributed by atoms with Gasteiger partial charge in [-0.15, -0.1) is 11.8 Å². The van der Waals surface area contributed by atoms with Gasteiger partial charge in [-0.25, -0.2) is 0 Å². The number of ether oxygens (including phenoxy) is 1. The molecule has 4 heteroatoms. The molecule has 0 saturated carbocycles. The van der Waals surface area contributed by atoms with Crippen LogP contribution >= 0.6 is 11.8 Å². The summed E-state index contributed by atoms with van der Waals surface area (Å²) in [6.45, 7) is 6.10. The second-order valence-corrected chi connectivity index (χ2v) is 6.05. The first-order valence-electron chi connectivity index (χ1n) is 6.68. The molecular weight excluding hydrogens is 258 g/mol. The fourth-order valence-electron chi connectivity index (χ4n) is 1.78. The van der Waals surface area contributed by atoms with Gasteiger partial charge in [-0.2, -0.15) is 0 Å². The Kier molecular flexibility index (Phi) is 6.78. The minimum absolute atomic E-state index is 0.0901. The third kappa shape index (κ3) is 5.55. The van der Waals surface area contributed by atoms with Gasteiger partial charge in [-0.05, 0) is 44.5 Å². The van der Waals surface area contributed by atoms with E-state index in [2.05, 4.69) is 12.2 Å². The number of benzene rings is 1. The van der Waals surface area contributed by atoms with E-state index in [0.717, 1.165) is 23.5 Å². The van der Waals surface area contributed by atoms with E-state index in [1.54, 1.807) is 18.9 Å². The SMILES string of the molecule is CCC[C@@H](C)NC(=O)[C@H](C)Sc1ccc(OC)cc1. The summed E-state index contributed by atoms with van der Waals surface area (Å²) in [5, 5.41) is 2.95. The van der Waals surface area contributed by atoms with Crippen LogP contribution in [0.3, 0.4) is 0 Å². The van der Waals surface area contributed by atoms with E-state index in [4.69, 9.17) is 4.74 Å². The zero-order chi connectivity index (χ0) is 14.3. The van der Waals surface area contributed by atoms with Crippen molar-refractivity contribution in [3.63, 3.8) is 0 Å². The molecule has 0 aliphatic heterocycles. The first-order chi connectivity index (χ1) is 9.06. The number of methoxy groups -OCH3 is 1. The van der Waals surface area contributed by atoms with Gasteiger partial charge in [-0.1, -0.05) is 13.3 Å². The molecule has 1 N–H and O–H groups in total. The van der Waals surface area contributed by atoms with Crippen LogP contribution in [0.1, 0.15) is 33.6 Å². The number of carbonyl (C=O) groups excluding carboxylic acids is 1. The van der Waals surface area contributed by atoms with Crippen molar-refractivity contribution in [1.29, 1.82) is 0 Å². The first-order valence-corrected chi connectivity index (χ1v) is 7.55. The molecule has 0 saturated heterocycles. The van der Waals surface area contributed by atoms with Crippen LogP contribution in [0.4, 0.5) is 0 Å². The summed E-state index contributed by atoms with van der Waals surface area (Å²) in [7, 11) is 1.65. The number of thioether (sulfide) groups is 1. The summed E-state index contributed by atoms with van der Waals surface area (Å²) in [4.78, 5) is 13.1. The van der Waals surface area contributed by atoms with Crippen LogP contribution in [-0.2, 0) is 4.79 Å². The molecule has 0 heterocycles. The zero-order valence-electron chi connectivity index (χ0n) is 12.1. The molecule has 3 nitrogen and oxygen atoms in total. The van der Waals surface area contributed by atoms with Gasteiger partial charge in [0.2, 0.25) is 5.91 Å². The van der Waals surface area contributed by atoms with E-state index in [9.17, 15) is 4.79 Å². The Bertz CT molecular complexity index is 392. The Morgan fingerprint density at radius 2 is 1.95 bits per heavy atom. The van der Waals surface area contributed by atoms with E-state index in [1.165, 1.54) is 0 Å². The average molecular weight is 281 g/mol. The molecule has 106 valence electrons. The van der Waals surface area contributed by atoms with Crippen LogP contribution in [0.2, 0.25) is 0 Å². The highest BCUT2D eigenvalue weighted by Crippen LogP contribution is 2.25. The van der Waals surface area contributed by atoms with Crippen molar-refractivity contribution in [3.8, 4) is 5.75 Å². The molecule has 0 fully saturated rings. The number of amides is 1. The highest BCUT2D eigenvalue weighted by molar-refractivity contribution is 8.00. The highest BCUT2D eigenvalue weighted by Gasteiger charge is 2.16. The monoisotopic (exact) mass is 281 g/mol. The van der Waals surface area contributed by atoms with E-state index >= 15 is 0 Å². The van der Waals surface area contributed by atoms with Crippen LogP contribution in [0, 0.1) is 0 Å². The minimum atomic E-state index is -0.0901.